The molecule has 1 aliphatic heterocycles. The molecule has 0 saturated heterocycles. The molecule has 302 valence electrons. The first-order chi connectivity index (χ1) is 28.1. The number of unbranched alkanes of at least 4 members (excludes halogenated alkanes) is 1. The fourth-order valence-electron chi connectivity index (χ4n) is 10.8. The summed E-state index contributed by atoms with van der Waals surface area (Å²) in [7, 11) is 4.87. The van der Waals surface area contributed by atoms with Crippen LogP contribution in [0, 0.1) is 17.8 Å². The molecule has 1 spiro atoms. The molecule has 58 heavy (non-hydrogen) atoms. The van der Waals surface area contributed by atoms with E-state index in [1.165, 1.54) is 25.0 Å². The highest BCUT2D eigenvalue weighted by Crippen LogP contribution is 2.69. The zero-order chi connectivity index (χ0) is 40.4. The summed E-state index contributed by atoms with van der Waals surface area (Å²) >= 11 is 0. The normalized spacial score (nSPS) is 23.0. The average Bonchev–Trinajstić information content (AvgIpc) is 3.95. The van der Waals surface area contributed by atoms with E-state index in [4.69, 9.17) is 23.7 Å². The summed E-state index contributed by atoms with van der Waals surface area (Å²) in [6, 6.07) is 24.5. The molecule has 9 rings (SSSR count). The molecule has 5 atom stereocenters. The molecule has 0 radical (unpaired) electrons. The predicted octanol–water partition coefficient (Wildman–Crippen LogP) is 12.9. The van der Waals surface area contributed by atoms with Gasteiger partial charge in [0.15, 0.2) is 17.1 Å². The van der Waals surface area contributed by atoms with Crippen molar-refractivity contribution in [1.82, 2.24) is 0 Å². The van der Waals surface area contributed by atoms with Gasteiger partial charge in [-0.3, -0.25) is 0 Å². The molecule has 2 fully saturated rings. The highest BCUT2D eigenvalue weighted by molar-refractivity contribution is 6.10. The minimum Gasteiger partial charge on any atom is -0.497 e. The minimum absolute atomic E-state index is 0.214. The number of fused-ring (bicyclic) bond motifs is 13. The Morgan fingerprint density at radius 3 is 2.09 bits per heavy atom. The summed E-state index contributed by atoms with van der Waals surface area (Å²) in [4.78, 5) is 0. The molecular formula is C50H51F3O5. The average molecular weight is 789 g/mol. The van der Waals surface area contributed by atoms with Crippen LogP contribution in [0.25, 0.3) is 28.0 Å². The number of halogens is 3. The summed E-state index contributed by atoms with van der Waals surface area (Å²) in [5.74, 6) is 4.44. The Balaban J connectivity index is 1.26. The van der Waals surface area contributed by atoms with Crippen LogP contribution in [-0.4, -0.2) is 27.9 Å². The second kappa shape index (κ2) is 14.6. The van der Waals surface area contributed by atoms with E-state index in [-0.39, 0.29) is 5.92 Å². The monoisotopic (exact) mass is 788 g/mol. The molecule has 5 unspecified atom stereocenters. The number of methoxy groups -OCH3 is 3. The number of rotatable bonds is 12. The summed E-state index contributed by atoms with van der Waals surface area (Å²) < 4.78 is 74.8. The van der Waals surface area contributed by atoms with Crippen molar-refractivity contribution in [3.8, 4) is 39.9 Å². The van der Waals surface area contributed by atoms with E-state index in [2.05, 4.69) is 38.1 Å². The van der Waals surface area contributed by atoms with Crippen molar-refractivity contribution in [3.05, 3.63) is 118 Å². The summed E-state index contributed by atoms with van der Waals surface area (Å²) in [6.07, 6.45) is 8.30. The van der Waals surface area contributed by atoms with Gasteiger partial charge in [0.2, 0.25) is 0 Å². The van der Waals surface area contributed by atoms with Crippen LogP contribution in [-0.2, 0) is 17.2 Å². The van der Waals surface area contributed by atoms with Crippen LogP contribution in [0.4, 0.5) is 13.2 Å². The molecule has 0 N–H and O–H groups in total. The van der Waals surface area contributed by atoms with E-state index in [1.807, 2.05) is 48.5 Å². The number of hydrogen-bond acceptors (Lipinski definition) is 5. The second-order valence-corrected chi connectivity index (χ2v) is 16.7. The Hall–Kier alpha value is -5.11. The zero-order valence-electron chi connectivity index (χ0n) is 33.9. The largest absolute Gasteiger partial charge is 0.497 e. The summed E-state index contributed by atoms with van der Waals surface area (Å²) in [6.45, 7) is 5.11. The molecule has 0 aromatic heterocycles. The van der Waals surface area contributed by atoms with Crippen LogP contribution in [0.3, 0.4) is 0 Å². The second-order valence-electron chi connectivity index (χ2n) is 16.7. The van der Waals surface area contributed by atoms with Gasteiger partial charge in [0.05, 0.1) is 33.5 Å². The molecule has 5 nitrogen and oxygen atoms in total. The smallest absolute Gasteiger partial charge is 0.416 e. The first-order valence-corrected chi connectivity index (χ1v) is 20.8. The van der Waals surface area contributed by atoms with Crippen LogP contribution in [0.5, 0.6) is 28.7 Å². The Kier molecular flexibility index (Phi) is 9.68. The van der Waals surface area contributed by atoms with Gasteiger partial charge in [0.25, 0.3) is 0 Å². The van der Waals surface area contributed by atoms with Crippen LogP contribution in [0.15, 0.2) is 84.9 Å². The first kappa shape index (κ1) is 38.4. The molecular weight excluding hydrogens is 738 g/mol. The van der Waals surface area contributed by atoms with Crippen LogP contribution >= 0.6 is 0 Å². The van der Waals surface area contributed by atoms with Crippen molar-refractivity contribution in [1.29, 1.82) is 0 Å². The molecule has 2 saturated carbocycles. The highest BCUT2D eigenvalue weighted by Gasteiger charge is 2.59. The highest BCUT2D eigenvalue weighted by atomic mass is 19.4. The van der Waals surface area contributed by atoms with Gasteiger partial charge in [0.1, 0.15) is 17.2 Å². The van der Waals surface area contributed by atoms with E-state index >= 15 is 0 Å². The zero-order valence-corrected chi connectivity index (χ0v) is 33.9. The van der Waals surface area contributed by atoms with Crippen molar-refractivity contribution in [2.24, 2.45) is 17.8 Å². The van der Waals surface area contributed by atoms with E-state index in [0.29, 0.717) is 35.7 Å². The van der Waals surface area contributed by atoms with E-state index < -0.39 is 22.8 Å². The van der Waals surface area contributed by atoms with Gasteiger partial charge < -0.3 is 23.7 Å². The SMILES string of the molecule is CCCCC(CC)COc1ccc(C2(c3ccc(OC)cc3)C=Cc3c4c(c5cc(OC)c(OC)cc5c3O2)-c2ccc(C(F)(F)F)cc2C42CC3CCC2C3)cc1. The summed E-state index contributed by atoms with van der Waals surface area (Å²) in [5.41, 5.74) is 4.12. The van der Waals surface area contributed by atoms with Crippen LogP contribution in [0.2, 0.25) is 0 Å². The van der Waals surface area contributed by atoms with Crippen LogP contribution < -0.4 is 23.7 Å². The van der Waals surface area contributed by atoms with Crippen molar-refractivity contribution in [2.45, 2.75) is 82.4 Å². The van der Waals surface area contributed by atoms with Gasteiger partial charge in [0, 0.05) is 27.5 Å². The maximum Gasteiger partial charge on any atom is 0.416 e. The van der Waals surface area contributed by atoms with Gasteiger partial charge in [-0.1, -0.05) is 75.9 Å². The molecule has 3 aliphatic carbocycles. The number of benzene rings is 5. The van der Waals surface area contributed by atoms with Gasteiger partial charge in [-0.15, -0.1) is 0 Å². The molecule has 1 heterocycles. The molecule has 5 aromatic carbocycles. The fraction of sp³-hybridized carbons (Fsp3) is 0.400. The number of alkyl halides is 3. The number of hydrogen-bond donors (Lipinski definition) is 0. The quantitative estimate of drug-likeness (QED) is 0.126. The first-order valence-electron chi connectivity index (χ1n) is 20.8. The lowest BCUT2D eigenvalue weighted by atomic mass is 9.65. The lowest BCUT2D eigenvalue weighted by Crippen LogP contribution is -2.36. The molecule has 4 aliphatic rings. The van der Waals surface area contributed by atoms with E-state index in [9.17, 15) is 13.2 Å². The third kappa shape index (κ3) is 5.95. The molecule has 2 bridgehead atoms. The Labute approximate surface area is 339 Å². The van der Waals surface area contributed by atoms with Crippen molar-refractivity contribution >= 4 is 16.8 Å². The van der Waals surface area contributed by atoms with E-state index in [1.54, 1.807) is 27.4 Å². The van der Waals surface area contributed by atoms with Gasteiger partial charge >= 0.3 is 6.18 Å². The third-order valence-corrected chi connectivity index (χ3v) is 13.8. The van der Waals surface area contributed by atoms with Crippen LogP contribution in [0.1, 0.15) is 98.6 Å². The fourth-order valence-corrected chi connectivity index (χ4v) is 10.8. The van der Waals surface area contributed by atoms with Crippen molar-refractivity contribution in [3.63, 3.8) is 0 Å². The Bertz CT molecular complexity index is 2380. The Morgan fingerprint density at radius 2 is 1.50 bits per heavy atom. The van der Waals surface area contributed by atoms with Crippen molar-refractivity contribution in [2.75, 3.05) is 27.9 Å². The van der Waals surface area contributed by atoms with E-state index in [0.717, 1.165) is 99.7 Å². The van der Waals surface area contributed by atoms with Gasteiger partial charge in [-0.2, -0.15) is 13.2 Å². The third-order valence-electron chi connectivity index (χ3n) is 13.8. The Morgan fingerprint density at radius 1 is 0.810 bits per heavy atom. The number of ether oxygens (including phenoxy) is 5. The van der Waals surface area contributed by atoms with Gasteiger partial charge in [-0.05, 0) is 126 Å². The maximum absolute atomic E-state index is 14.5. The molecule has 8 heteroatoms. The summed E-state index contributed by atoms with van der Waals surface area (Å²) in [5, 5.41) is 1.67. The van der Waals surface area contributed by atoms with Gasteiger partial charge in [-0.25, -0.2) is 0 Å². The predicted molar refractivity (Wildman–Crippen MR) is 222 cm³/mol. The lowest BCUT2D eigenvalue weighted by molar-refractivity contribution is -0.137. The standard InChI is InChI=1S/C50H51F3O5/c1-6-8-9-30(7-2)29-57-37-19-14-33(15-20-37)49(32-12-17-36(54-3)18-13-32)23-22-39-46-45(40-26-43(55-4)44(56-5)27-41(40)47(39)58-49)38-21-16-35(50(51,52)53)25-42(38)48(46)28-31-10-11-34(48)24-31/h12-23,25-27,30-31,34H,6-11,24,28-29H2,1-5H3. The minimum atomic E-state index is -4.46. The molecule has 5 aromatic rings. The topological polar surface area (TPSA) is 46.2 Å². The van der Waals surface area contributed by atoms with Crippen molar-refractivity contribution < 1.29 is 36.9 Å². The maximum atomic E-state index is 14.5. The molecule has 0 amide bonds. The lowest BCUT2D eigenvalue weighted by Gasteiger charge is -2.41.